The van der Waals surface area contributed by atoms with Crippen molar-refractivity contribution < 1.29 is 9.59 Å². The van der Waals surface area contributed by atoms with Gasteiger partial charge in [0.2, 0.25) is 11.8 Å². The van der Waals surface area contributed by atoms with Gasteiger partial charge in [-0.1, -0.05) is 42.0 Å². The molecule has 5 nitrogen and oxygen atoms in total. The third-order valence-electron chi connectivity index (χ3n) is 5.97. The zero-order valence-electron chi connectivity index (χ0n) is 17.7. The van der Waals surface area contributed by atoms with Crippen molar-refractivity contribution in [1.82, 2.24) is 4.98 Å². The standard InChI is InChI=1S/C26H23N3O2S/c1-17-9-11-19(12-10-17)29-23(30)14-13-20(25(29)22-8-4-16-32-22)26(31)28-21-7-2-5-18-6-3-15-27-24(18)21/h2-12,15-16,20,25H,13-14H2,1H3,(H,28,31). The Hall–Kier alpha value is -3.51. The van der Waals surface area contributed by atoms with Crippen LogP contribution in [-0.4, -0.2) is 16.8 Å². The summed E-state index contributed by atoms with van der Waals surface area (Å²) in [5, 5.41) is 6.07. The highest BCUT2D eigenvalue weighted by Crippen LogP contribution is 2.42. The Bertz CT molecular complexity index is 1260. The van der Waals surface area contributed by atoms with Crippen molar-refractivity contribution in [1.29, 1.82) is 0 Å². The van der Waals surface area contributed by atoms with Crippen LogP contribution in [0.3, 0.4) is 0 Å². The van der Waals surface area contributed by atoms with Crippen molar-refractivity contribution in [3.63, 3.8) is 0 Å². The van der Waals surface area contributed by atoms with E-state index in [1.807, 2.05) is 79.0 Å². The third kappa shape index (κ3) is 3.78. The molecule has 160 valence electrons. The predicted molar refractivity (Wildman–Crippen MR) is 129 cm³/mol. The van der Waals surface area contributed by atoms with E-state index in [2.05, 4.69) is 10.3 Å². The van der Waals surface area contributed by atoms with E-state index in [-0.39, 0.29) is 23.8 Å². The smallest absolute Gasteiger partial charge is 0.230 e. The molecule has 5 rings (SSSR count). The maximum absolute atomic E-state index is 13.6. The van der Waals surface area contributed by atoms with Gasteiger partial charge in [-0.05, 0) is 49.1 Å². The van der Waals surface area contributed by atoms with Crippen LogP contribution in [0.2, 0.25) is 0 Å². The predicted octanol–water partition coefficient (Wildman–Crippen LogP) is 5.73. The lowest BCUT2D eigenvalue weighted by Gasteiger charge is -2.40. The Morgan fingerprint density at radius 1 is 1.06 bits per heavy atom. The minimum absolute atomic E-state index is 0.0446. The fourth-order valence-electron chi connectivity index (χ4n) is 4.39. The third-order valence-corrected chi connectivity index (χ3v) is 6.91. The number of piperidine rings is 1. The first-order valence-electron chi connectivity index (χ1n) is 10.7. The summed E-state index contributed by atoms with van der Waals surface area (Å²) in [6, 6.07) is 21.2. The molecule has 4 aromatic rings. The van der Waals surface area contributed by atoms with Crippen molar-refractivity contribution in [3.8, 4) is 0 Å². The molecule has 2 aromatic heterocycles. The summed E-state index contributed by atoms with van der Waals surface area (Å²) in [4.78, 5) is 33.9. The molecule has 2 aromatic carbocycles. The zero-order chi connectivity index (χ0) is 22.1. The number of aryl methyl sites for hydroxylation is 1. The fraction of sp³-hybridized carbons (Fsp3) is 0.192. The number of aromatic nitrogens is 1. The maximum Gasteiger partial charge on any atom is 0.230 e. The molecule has 1 saturated heterocycles. The molecule has 3 heterocycles. The summed E-state index contributed by atoms with van der Waals surface area (Å²) in [6.45, 7) is 2.02. The molecule has 0 radical (unpaired) electrons. The summed E-state index contributed by atoms with van der Waals surface area (Å²) < 4.78 is 0. The van der Waals surface area contributed by atoms with E-state index in [0.29, 0.717) is 18.5 Å². The van der Waals surface area contributed by atoms with Gasteiger partial charge < -0.3 is 10.2 Å². The number of rotatable bonds is 4. The van der Waals surface area contributed by atoms with Gasteiger partial charge in [-0.2, -0.15) is 0 Å². The van der Waals surface area contributed by atoms with Gasteiger partial charge in [0, 0.05) is 28.6 Å². The number of fused-ring (bicyclic) bond motifs is 1. The van der Waals surface area contributed by atoms with Crippen molar-refractivity contribution in [2.24, 2.45) is 5.92 Å². The molecule has 0 bridgehead atoms. The summed E-state index contributed by atoms with van der Waals surface area (Å²) in [6.07, 6.45) is 2.57. The monoisotopic (exact) mass is 441 g/mol. The number of amides is 2. The van der Waals surface area contributed by atoms with Crippen molar-refractivity contribution in [2.75, 3.05) is 10.2 Å². The maximum atomic E-state index is 13.6. The topological polar surface area (TPSA) is 62.3 Å². The largest absolute Gasteiger partial charge is 0.324 e. The highest BCUT2D eigenvalue weighted by atomic mass is 32.1. The second-order valence-corrected chi connectivity index (χ2v) is 9.05. The van der Waals surface area contributed by atoms with Gasteiger partial charge >= 0.3 is 0 Å². The number of hydrogen-bond donors (Lipinski definition) is 1. The van der Waals surface area contributed by atoms with E-state index < -0.39 is 0 Å². The lowest BCUT2D eigenvalue weighted by Crippen LogP contribution is -2.46. The normalized spacial score (nSPS) is 18.7. The fourth-order valence-corrected chi connectivity index (χ4v) is 5.27. The molecule has 0 aliphatic carbocycles. The van der Waals surface area contributed by atoms with E-state index >= 15 is 0 Å². The van der Waals surface area contributed by atoms with Gasteiger partial charge in [0.25, 0.3) is 0 Å². The van der Waals surface area contributed by atoms with E-state index in [4.69, 9.17) is 0 Å². The Labute approximate surface area is 190 Å². The van der Waals surface area contributed by atoms with Crippen LogP contribution in [0.25, 0.3) is 10.9 Å². The number of nitrogens with zero attached hydrogens (tertiary/aromatic N) is 2. The number of thiophene rings is 1. The Morgan fingerprint density at radius 2 is 1.88 bits per heavy atom. The molecule has 2 amide bonds. The number of benzene rings is 2. The number of pyridine rings is 1. The molecule has 1 fully saturated rings. The van der Waals surface area contributed by atoms with Crippen molar-refractivity contribution in [3.05, 3.63) is 88.7 Å². The zero-order valence-corrected chi connectivity index (χ0v) is 18.5. The first kappa shape index (κ1) is 20.4. The quantitative estimate of drug-likeness (QED) is 0.440. The van der Waals surface area contributed by atoms with Crippen LogP contribution < -0.4 is 10.2 Å². The average Bonchev–Trinajstić information content (AvgIpc) is 3.34. The van der Waals surface area contributed by atoms with Crippen LogP contribution in [-0.2, 0) is 9.59 Å². The highest BCUT2D eigenvalue weighted by Gasteiger charge is 2.42. The summed E-state index contributed by atoms with van der Waals surface area (Å²) >= 11 is 1.58. The molecule has 2 atom stereocenters. The number of carbonyl (C=O) groups is 2. The number of hydrogen-bond acceptors (Lipinski definition) is 4. The Kier molecular flexibility index (Phi) is 5.45. The van der Waals surface area contributed by atoms with Crippen LogP contribution in [0.5, 0.6) is 0 Å². The molecular formula is C26H23N3O2S. The van der Waals surface area contributed by atoms with Crippen LogP contribution in [0.1, 0.15) is 29.3 Å². The molecule has 1 aliphatic heterocycles. The van der Waals surface area contributed by atoms with E-state index in [1.165, 1.54) is 0 Å². The van der Waals surface area contributed by atoms with Crippen LogP contribution in [0.4, 0.5) is 11.4 Å². The Balaban J connectivity index is 1.52. The van der Waals surface area contributed by atoms with E-state index in [0.717, 1.165) is 27.0 Å². The molecule has 1 aliphatic rings. The van der Waals surface area contributed by atoms with Crippen LogP contribution >= 0.6 is 11.3 Å². The summed E-state index contributed by atoms with van der Waals surface area (Å²) in [5.41, 5.74) is 3.40. The van der Waals surface area contributed by atoms with Gasteiger partial charge in [0.15, 0.2) is 0 Å². The van der Waals surface area contributed by atoms with E-state index in [9.17, 15) is 9.59 Å². The van der Waals surface area contributed by atoms with Crippen molar-refractivity contribution in [2.45, 2.75) is 25.8 Å². The van der Waals surface area contributed by atoms with Gasteiger partial charge in [0.1, 0.15) is 0 Å². The van der Waals surface area contributed by atoms with Gasteiger partial charge in [-0.25, -0.2) is 0 Å². The minimum atomic E-state index is -0.369. The molecular weight excluding hydrogens is 418 g/mol. The number of para-hydroxylation sites is 1. The number of nitrogens with one attached hydrogen (secondary N) is 1. The van der Waals surface area contributed by atoms with Gasteiger partial charge in [-0.3, -0.25) is 14.6 Å². The first-order valence-corrected chi connectivity index (χ1v) is 11.6. The molecule has 32 heavy (non-hydrogen) atoms. The second kappa shape index (κ2) is 8.55. The van der Waals surface area contributed by atoms with E-state index in [1.54, 1.807) is 22.4 Å². The lowest BCUT2D eigenvalue weighted by molar-refractivity contribution is -0.125. The molecule has 1 N–H and O–H groups in total. The minimum Gasteiger partial charge on any atom is -0.324 e. The van der Waals surface area contributed by atoms with Crippen LogP contribution in [0.15, 0.2) is 78.3 Å². The average molecular weight is 442 g/mol. The van der Waals surface area contributed by atoms with Gasteiger partial charge in [-0.15, -0.1) is 11.3 Å². The summed E-state index contributed by atoms with van der Waals surface area (Å²) in [7, 11) is 0. The molecule has 6 heteroatoms. The summed E-state index contributed by atoms with van der Waals surface area (Å²) in [5.74, 6) is -0.416. The SMILES string of the molecule is Cc1ccc(N2C(=O)CCC(C(=O)Nc3cccc4cccnc34)C2c2cccs2)cc1. The number of anilines is 2. The highest BCUT2D eigenvalue weighted by molar-refractivity contribution is 7.10. The Morgan fingerprint density at radius 3 is 2.66 bits per heavy atom. The van der Waals surface area contributed by atoms with Gasteiger partial charge in [0.05, 0.1) is 23.2 Å². The molecule has 0 spiro atoms. The second-order valence-electron chi connectivity index (χ2n) is 8.07. The molecule has 2 unspecified atom stereocenters. The lowest BCUT2D eigenvalue weighted by atomic mass is 9.86. The molecule has 0 saturated carbocycles. The number of carbonyl (C=O) groups excluding carboxylic acids is 2. The first-order chi connectivity index (χ1) is 15.6. The van der Waals surface area contributed by atoms with Crippen molar-refractivity contribution >= 4 is 45.4 Å². The van der Waals surface area contributed by atoms with Crippen LogP contribution in [0, 0.1) is 12.8 Å².